The first-order chi connectivity index (χ1) is 11.6. The van der Waals surface area contributed by atoms with Crippen LogP contribution in [-0.4, -0.2) is 15.7 Å². The summed E-state index contributed by atoms with van der Waals surface area (Å²) in [6.07, 6.45) is 1.44. The van der Waals surface area contributed by atoms with Gasteiger partial charge in [-0.3, -0.25) is 4.79 Å². The summed E-state index contributed by atoms with van der Waals surface area (Å²) in [4.78, 5) is 12.3. The summed E-state index contributed by atoms with van der Waals surface area (Å²) < 4.78 is 28.8. The van der Waals surface area contributed by atoms with E-state index in [2.05, 4.69) is 10.4 Å². The van der Waals surface area contributed by atoms with Crippen LogP contribution in [0.3, 0.4) is 0 Å². The summed E-state index contributed by atoms with van der Waals surface area (Å²) in [5.74, 6) is -1.81. The van der Waals surface area contributed by atoms with Crippen LogP contribution in [0.4, 0.5) is 8.78 Å². The Balaban J connectivity index is 1.78. The van der Waals surface area contributed by atoms with Crippen LogP contribution in [0.1, 0.15) is 21.6 Å². The molecule has 1 heterocycles. The van der Waals surface area contributed by atoms with Crippen molar-refractivity contribution in [3.05, 3.63) is 83.2 Å². The third-order valence-corrected chi connectivity index (χ3v) is 3.74. The molecule has 4 nitrogen and oxygen atoms in total. The van der Waals surface area contributed by atoms with Crippen LogP contribution < -0.4 is 5.32 Å². The van der Waals surface area contributed by atoms with Crippen molar-refractivity contribution in [2.24, 2.45) is 0 Å². The predicted molar refractivity (Wildman–Crippen MR) is 85.8 cm³/mol. The van der Waals surface area contributed by atoms with Gasteiger partial charge in [-0.25, -0.2) is 13.5 Å². The largest absolute Gasteiger partial charge is 0.348 e. The molecule has 0 aliphatic heterocycles. The van der Waals surface area contributed by atoms with Crippen LogP contribution in [0, 0.1) is 18.6 Å². The Labute approximate surface area is 137 Å². The van der Waals surface area contributed by atoms with Gasteiger partial charge in [0.2, 0.25) is 0 Å². The minimum atomic E-state index is -0.688. The van der Waals surface area contributed by atoms with Gasteiger partial charge in [0.25, 0.3) is 5.91 Å². The third-order valence-electron chi connectivity index (χ3n) is 3.74. The average Bonchev–Trinajstić information content (AvgIpc) is 2.96. The molecule has 6 heteroatoms. The lowest BCUT2D eigenvalue weighted by Crippen LogP contribution is -2.24. The fourth-order valence-electron chi connectivity index (χ4n) is 2.43. The van der Waals surface area contributed by atoms with Crippen molar-refractivity contribution in [2.75, 3.05) is 0 Å². The molecule has 1 N–H and O–H groups in total. The molecular weight excluding hydrogens is 312 g/mol. The number of halogens is 2. The lowest BCUT2D eigenvalue weighted by atomic mass is 10.2. The highest BCUT2D eigenvalue weighted by molar-refractivity contribution is 5.95. The number of carbonyl (C=O) groups excluding carboxylic acids is 1. The van der Waals surface area contributed by atoms with Crippen LogP contribution in [0.2, 0.25) is 0 Å². The molecule has 0 spiro atoms. The zero-order chi connectivity index (χ0) is 17.1. The molecule has 0 fully saturated rings. The Morgan fingerprint density at radius 1 is 1.08 bits per heavy atom. The fraction of sp³-hybridized carbons (Fsp3) is 0.111. The minimum Gasteiger partial charge on any atom is -0.348 e. The Bertz CT molecular complexity index is 855. The molecular formula is C18H15F2N3O. The van der Waals surface area contributed by atoms with Crippen molar-refractivity contribution < 1.29 is 13.6 Å². The first kappa shape index (κ1) is 15.9. The quantitative estimate of drug-likeness (QED) is 0.798. The first-order valence-corrected chi connectivity index (χ1v) is 7.39. The van der Waals surface area contributed by atoms with Gasteiger partial charge in [-0.05, 0) is 31.2 Å². The number of hydrogen-bond acceptors (Lipinski definition) is 2. The lowest BCUT2D eigenvalue weighted by molar-refractivity contribution is 0.0949. The van der Waals surface area contributed by atoms with Crippen LogP contribution in [-0.2, 0) is 6.54 Å². The number of carbonyl (C=O) groups is 1. The van der Waals surface area contributed by atoms with Gasteiger partial charge in [-0.2, -0.15) is 5.10 Å². The number of rotatable bonds is 4. The third kappa shape index (κ3) is 3.03. The number of nitrogens with zero attached hydrogens (tertiary/aromatic N) is 2. The summed E-state index contributed by atoms with van der Waals surface area (Å²) in [5, 5.41) is 6.74. The van der Waals surface area contributed by atoms with Gasteiger partial charge in [0.1, 0.15) is 11.6 Å². The van der Waals surface area contributed by atoms with Gasteiger partial charge >= 0.3 is 0 Å². The number of hydrogen-bond donors (Lipinski definition) is 1. The predicted octanol–water partition coefficient (Wildman–Crippen LogP) is 3.39. The minimum absolute atomic E-state index is 0.168. The van der Waals surface area contributed by atoms with Crippen LogP contribution >= 0.6 is 0 Å². The molecule has 24 heavy (non-hydrogen) atoms. The Morgan fingerprint density at radius 2 is 1.75 bits per heavy atom. The standard InChI is InChI=1S/C18H15F2N3O/c1-12-14(11-22-23(12)13-6-3-2-4-7-13)18(24)21-10-15-16(19)8-5-9-17(15)20/h2-9,11H,10H2,1H3,(H,21,24). The number of aromatic nitrogens is 2. The van der Waals surface area contributed by atoms with Gasteiger partial charge in [-0.15, -0.1) is 0 Å². The highest BCUT2D eigenvalue weighted by atomic mass is 19.1. The molecule has 0 atom stereocenters. The van der Waals surface area contributed by atoms with Crippen LogP contribution in [0.15, 0.2) is 54.7 Å². The van der Waals surface area contributed by atoms with E-state index in [1.165, 1.54) is 12.3 Å². The van der Waals surface area contributed by atoms with E-state index in [4.69, 9.17) is 0 Å². The van der Waals surface area contributed by atoms with Gasteiger partial charge in [-0.1, -0.05) is 24.3 Å². The van der Waals surface area contributed by atoms with Gasteiger partial charge in [0, 0.05) is 12.1 Å². The SMILES string of the molecule is Cc1c(C(=O)NCc2c(F)cccc2F)cnn1-c1ccccc1. The summed E-state index contributed by atoms with van der Waals surface area (Å²) in [7, 11) is 0. The normalized spacial score (nSPS) is 10.6. The monoisotopic (exact) mass is 327 g/mol. The van der Waals surface area contributed by atoms with Crippen molar-refractivity contribution in [3.8, 4) is 5.69 Å². The molecule has 0 aliphatic rings. The van der Waals surface area contributed by atoms with E-state index in [0.717, 1.165) is 17.8 Å². The van der Waals surface area contributed by atoms with E-state index in [9.17, 15) is 13.6 Å². The number of amides is 1. The number of nitrogens with one attached hydrogen (secondary N) is 1. The molecule has 0 unspecified atom stereocenters. The summed E-state index contributed by atoms with van der Waals surface area (Å²) in [6, 6.07) is 13.0. The van der Waals surface area contributed by atoms with E-state index in [-0.39, 0.29) is 12.1 Å². The average molecular weight is 327 g/mol. The van der Waals surface area contributed by atoms with E-state index in [1.54, 1.807) is 11.6 Å². The lowest BCUT2D eigenvalue weighted by Gasteiger charge is -2.08. The Hall–Kier alpha value is -3.02. The maximum absolute atomic E-state index is 13.6. The van der Waals surface area contributed by atoms with Crippen molar-refractivity contribution in [3.63, 3.8) is 0 Å². The smallest absolute Gasteiger partial charge is 0.255 e. The van der Waals surface area contributed by atoms with Crippen molar-refractivity contribution in [1.82, 2.24) is 15.1 Å². The second-order valence-electron chi connectivity index (χ2n) is 5.27. The highest BCUT2D eigenvalue weighted by Crippen LogP contribution is 2.15. The van der Waals surface area contributed by atoms with Crippen LogP contribution in [0.5, 0.6) is 0 Å². The Morgan fingerprint density at radius 3 is 2.42 bits per heavy atom. The van der Waals surface area contributed by atoms with E-state index in [1.807, 2.05) is 30.3 Å². The van der Waals surface area contributed by atoms with E-state index < -0.39 is 17.5 Å². The second-order valence-corrected chi connectivity index (χ2v) is 5.27. The molecule has 0 saturated carbocycles. The van der Waals surface area contributed by atoms with Gasteiger partial charge in [0.05, 0.1) is 23.1 Å². The number of benzene rings is 2. The van der Waals surface area contributed by atoms with Crippen molar-refractivity contribution >= 4 is 5.91 Å². The molecule has 0 saturated heterocycles. The molecule has 3 rings (SSSR count). The number of para-hydroxylation sites is 1. The molecule has 0 aliphatic carbocycles. The molecule has 0 bridgehead atoms. The van der Waals surface area contributed by atoms with E-state index >= 15 is 0 Å². The second kappa shape index (κ2) is 6.62. The van der Waals surface area contributed by atoms with Gasteiger partial charge in [0.15, 0.2) is 0 Å². The Kier molecular flexibility index (Phi) is 4.37. The molecule has 0 radical (unpaired) electrons. The van der Waals surface area contributed by atoms with Crippen LogP contribution in [0.25, 0.3) is 5.69 Å². The molecule has 1 amide bonds. The topological polar surface area (TPSA) is 46.9 Å². The molecule has 2 aromatic carbocycles. The van der Waals surface area contributed by atoms with E-state index in [0.29, 0.717) is 11.3 Å². The maximum Gasteiger partial charge on any atom is 0.255 e. The summed E-state index contributed by atoms with van der Waals surface area (Å²) in [5.41, 5.74) is 1.66. The van der Waals surface area contributed by atoms with Gasteiger partial charge < -0.3 is 5.32 Å². The van der Waals surface area contributed by atoms with Crippen molar-refractivity contribution in [2.45, 2.75) is 13.5 Å². The van der Waals surface area contributed by atoms with Crippen molar-refractivity contribution in [1.29, 1.82) is 0 Å². The molecule has 3 aromatic rings. The maximum atomic E-state index is 13.6. The summed E-state index contributed by atoms with van der Waals surface area (Å²) >= 11 is 0. The first-order valence-electron chi connectivity index (χ1n) is 7.39. The highest BCUT2D eigenvalue weighted by Gasteiger charge is 2.16. The zero-order valence-electron chi connectivity index (χ0n) is 13.0. The summed E-state index contributed by atoms with van der Waals surface area (Å²) in [6.45, 7) is 1.53. The molecule has 1 aromatic heterocycles. The fourth-order valence-corrected chi connectivity index (χ4v) is 2.43. The molecule has 122 valence electrons. The zero-order valence-corrected chi connectivity index (χ0v) is 13.0.